The van der Waals surface area contributed by atoms with Crippen molar-refractivity contribution >= 4 is 0 Å². The van der Waals surface area contributed by atoms with E-state index < -0.39 is 0 Å². The molecule has 1 aliphatic carbocycles. The first-order chi connectivity index (χ1) is 10.5. The van der Waals surface area contributed by atoms with Gasteiger partial charge in [0.05, 0.1) is 0 Å². The number of fused-ring (bicyclic) bond motifs is 1. The van der Waals surface area contributed by atoms with Gasteiger partial charge in [-0.2, -0.15) is 0 Å². The summed E-state index contributed by atoms with van der Waals surface area (Å²) in [5.74, 6) is 0. The van der Waals surface area contributed by atoms with Gasteiger partial charge in [0.25, 0.3) is 0 Å². The van der Waals surface area contributed by atoms with Crippen molar-refractivity contribution in [1.29, 1.82) is 0 Å². The van der Waals surface area contributed by atoms with Gasteiger partial charge in [-0.25, -0.2) is 0 Å². The Bertz CT molecular complexity index is 657. The molecule has 2 aromatic rings. The van der Waals surface area contributed by atoms with Gasteiger partial charge in [0.2, 0.25) is 0 Å². The SMILES string of the molecule is CCC1(CC)CCC(C)(C)c2c[c-]c(-c3ccccn3)cc21.[Ir]. The molecule has 0 N–H and O–H groups in total. The van der Waals surface area contributed by atoms with E-state index in [4.69, 9.17) is 0 Å². The van der Waals surface area contributed by atoms with E-state index in [9.17, 15) is 0 Å². The van der Waals surface area contributed by atoms with Crippen LogP contribution in [0.3, 0.4) is 0 Å². The average molecular weight is 485 g/mol. The fourth-order valence-corrected chi connectivity index (χ4v) is 3.97. The Balaban J connectivity index is 0.00000192. The first kappa shape index (κ1) is 18.4. The second kappa shape index (κ2) is 6.87. The van der Waals surface area contributed by atoms with Crippen LogP contribution in [0.2, 0.25) is 0 Å². The zero-order chi connectivity index (χ0) is 15.8. The van der Waals surface area contributed by atoms with Gasteiger partial charge < -0.3 is 4.98 Å². The van der Waals surface area contributed by atoms with E-state index in [2.05, 4.69) is 56.9 Å². The number of hydrogen-bond donors (Lipinski definition) is 0. The van der Waals surface area contributed by atoms with Gasteiger partial charge in [-0.3, -0.25) is 0 Å². The van der Waals surface area contributed by atoms with Crippen LogP contribution in [0.15, 0.2) is 36.5 Å². The maximum atomic E-state index is 4.50. The van der Waals surface area contributed by atoms with Crippen molar-refractivity contribution in [2.75, 3.05) is 0 Å². The molecule has 3 rings (SSSR count). The average Bonchev–Trinajstić information content (AvgIpc) is 2.56. The predicted octanol–water partition coefficient (Wildman–Crippen LogP) is 5.68. The fourth-order valence-electron chi connectivity index (χ4n) is 3.97. The van der Waals surface area contributed by atoms with Crippen molar-refractivity contribution in [2.45, 2.75) is 64.2 Å². The summed E-state index contributed by atoms with van der Waals surface area (Å²) in [5.41, 5.74) is 5.75. The number of benzene rings is 1. The summed E-state index contributed by atoms with van der Waals surface area (Å²) in [6, 6.07) is 14.2. The van der Waals surface area contributed by atoms with Crippen LogP contribution in [-0.2, 0) is 30.9 Å². The third-order valence-electron chi connectivity index (χ3n) is 5.77. The van der Waals surface area contributed by atoms with Crippen LogP contribution in [0.5, 0.6) is 0 Å². The largest absolute Gasteiger partial charge is 0.305 e. The van der Waals surface area contributed by atoms with Crippen LogP contribution >= 0.6 is 0 Å². The molecule has 1 radical (unpaired) electrons. The van der Waals surface area contributed by atoms with Crippen LogP contribution in [0.4, 0.5) is 0 Å². The van der Waals surface area contributed by atoms with E-state index in [0.29, 0.717) is 5.41 Å². The smallest absolute Gasteiger partial charge is 0.0160 e. The molecule has 23 heavy (non-hydrogen) atoms. The molecule has 1 aliphatic rings. The van der Waals surface area contributed by atoms with Crippen molar-refractivity contribution < 1.29 is 20.1 Å². The molecule has 0 saturated heterocycles. The zero-order valence-electron chi connectivity index (χ0n) is 14.6. The van der Waals surface area contributed by atoms with Crippen molar-refractivity contribution in [3.05, 3.63) is 53.7 Å². The second-order valence-electron chi connectivity index (χ2n) is 7.26. The van der Waals surface area contributed by atoms with Crippen LogP contribution in [0.1, 0.15) is 64.5 Å². The van der Waals surface area contributed by atoms with Gasteiger partial charge in [0.15, 0.2) is 0 Å². The van der Waals surface area contributed by atoms with Crippen molar-refractivity contribution in [3.8, 4) is 11.3 Å². The number of nitrogens with zero attached hydrogens (tertiary/aromatic N) is 1. The van der Waals surface area contributed by atoms with E-state index in [1.54, 1.807) is 0 Å². The molecule has 0 amide bonds. The maximum absolute atomic E-state index is 4.50. The molecule has 0 bridgehead atoms. The summed E-state index contributed by atoms with van der Waals surface area (Å²) in [6.45, 7) is 9.41. The van der Waals surface area contributed by atoms with Crippen LogP contribution in [0.25, 0.3) is 11.3 Å². The van der Waals surface area contributed by atoms with E-state index in [0.717, 1.165) is 11.3 Å². The molecule has 0 unspecified atom stereocenters. The number of pyridine rings is 1. The minimum absolute atomic E-state index is 0. The van der Waals surface area contributed by atoms with E-state index in [-0.39, 0.29) is 25.5 Å². The van der Waals surface area contributed by atoms with Crippen molar-refractivity contribution in [1.82, 2.24) is 4.98 Å². The Morgan fingerprint density at radius 1 is 1.09 bits per heavy atom. The van der Waals surface area contributed by atoms with Crippen LogP contribution in [-0.4, -0.2) is 4.98 Å². The molecule has 0 atom stereocenters. The quantitative estimate of drug-likeness (QED) is 0.511. The number of hydrogen-bond acceptors (Lipinski definition) is 1. The Morgan fingerprint density at radius 2 is 1.83 bits per heavy atom. The van der Waals surface area contributed by atoms with E-state index in [1.165, 1.54) is 36.8 Å². The van der Waals surface area contributed by atoms with Crippen molar-refractivity contribution in [2.24, 2.45) is 0 Å². The minimum Gasteiger partial charge on any atom is -0.305 e. The summed E-state index contributed by atoms with van der Waals surface area (Å²) >= 11 is 0. The minimum atomic E-state index is 0. The predicted molar refractivity (Wildman–Crippen MR) is 93.0 cm³/mol. The first-order valence-electron chi connectivity index (χ1n) is 8.50. The standard InChI is InChI=1S/C21H26N.Ir/c1-5-21(6-2)13-12-20(3,4)17-11-10-16(15-18(17)21)19-9-7-8-14-22-19;/h7-9,11,14-15H,5-6,12-13H2,1-4H3;/q-1;. The summed E-state index contributed by atoms with van der Waals surface area (Å²) < 4.78 is 0. The van der Waals surface area contributed by atoms with Gasteiger partial charge in [-0.05, 0) is 41.9 Å². The summed E-state index contributed by atoms with van der Waals surface area (Å²) in [4.78, 5) is 4.50. The molecule has 0 aliphatic heterocycles. The monoisotopic (exact) mass is 485 g/mol. The van der Waals surface area contributed by atoms with Gasteiger partial charge in [0.1, 0.15) is 0 Å². The maximum Gasteiger partial charge on any atom is 0.0160 e. The Morgan fingerprint density at radius 3 is 2.43 bits per heavy atom. The molecular formula is C21H26IrN-. The van der Waals surface area contributed by atoms with Gasteiger partial charge in [0, 0.05) is 26.3 Å². The normalized spacial score (nSPS) is 17.9. The van der Waals surface area contributed by atoms with Crippen LogP contribution in [0, 0.1) is 6.07 Å². The number of aromatic nitrogens is 1. The van der Waals surface area contributed by atoms with Gasteiger partial charge in [-0.1, -0.05) is 46.2 Å². The van der Waals surface area contributed by atoms with Gasteiger partial charge in [-0.15, -0.1) is 34.9 Å². The third-order valence-corrected chi connectivity index (χ3v) is 5.77. The Hall–Kier alpha value is -0.981. The van der Waals surface area contributed by atoms with Crippen LogP contribution < -0.4 is 0 Å². The summed E-state index contributed by atoms with van der Waals surface area (Å²) in [5, 5.41) is 0. The second-order valence-corrected chi connectivity index (χ2v) is 7.26. The molecule has 1 aromatic carbocycles. The first-order valence-corrected chi connectivity index (χ1v) is 8.50. The molecule has 2 heteroatoms. The zero-order valence-corrected chi connectivity index (χ0v) is 17.0. The van der Waals surface area contributed by atoms with E-state index in [1.807, 2.05) is 18.3 Å². The summed E-state index contributed by atoms with van der Waals surface area (Å²) in [7, 11) is 0. The molecule has 0 fully saturated rings. The number of rotatable bonds is 3. The third kappa shape index (κ3) is 3.16. The molecule has 1 aromatic heterocycles. The van der Waals surface area contributed by atoms with E-state index >= 15 is 0 Å². The molecule has 125 valence electrons. The topological polar surface area (TPSA) is 12.9 Å². The Labute approximate surface area is 154 Å². The molecular weight excluding hydrogens is 458 g/mol. The van der Waals surface area contributed by atoms with Crippen molar-refractivity contribution in [3.63, 3.8) is 0 Å². The molecule has 0 saturated carbocycles. The molecule has 1 heterocycles. The molecule has 0 spiro atoms. The Kier molecular flexibility index (Phi) is 5.48. The fraction of sp³-hybridized carbons (Fsp3) is 0.476. The summed E-state index contributed by atoms with van der Waals surface area (Å²) in [6.07, 6.45) is 6.82. The van der Waals surface area contributed by atoms with Gasteiger partial charge >= 0.3 is 0 Å². The molecule has 1 nitrogen and oxygen atoms in total.